The molecular weight excluding hydrogens is 381 g/mol. The highest BCUT2D eigenvalue weighted by molar-refractivity contribution is 14.1. The fraction of sp³-hybridized carbons (Fsp3) is 0.0667. The third-order valence-electron chi connectivity index (χ3n) is 2.73. The number of nitrogens with one attached hydrogen (secondary N) is 3. The lowest BCUT2D eigenvalue weighted by Crippen LogP contribution is -2.24. The molecule has 0 aliphatic heterocycles. The van der Waals surface area contributed by atoms with Gasteiger partial charge in [-0.2, -0.15) is 0 Å². The van der Waals surface area contributed by atoms with Crippen molar-refractivity contribution in [3.05, 3.63) is 57.7 Å². The summed E-state index contributed by atoms with van der Waals surface area (Å²) in [4.78, 5) is 23.2. The summed E-state index contributed by atoms with van der Waals surface area (Å²) in [7, 11) is 1.55. The molecule has 0 spiro atoms. The van der Waals surface area contributed by atoms with Crippen LogP contribution in [0.1, 0.15) is 10.4 Å². The molecule has 2 aromatic rings. The van der Waals surface area contributed by atoms with E-state index in [2.05, 4.69) is 38.5 Å². The number of anilines is 2. The van der Waals surface area contributed by atoms with Crippen molar-refractivity contribution in [1.82, 2.24) is 5.32 Å². The van der Waals surface area contributed by atoms with Crippen LogP contribution in [0.15, 0.2) is 48.5 Å². The number of hydrogen-bond donors (Lipinski definition) is 3. The van der Waals surface area contributed by atoms with Gasteiger partial charge in [0.25, 0.3) is 5.91 Å². The van der Waals surface area contributed by atoms with E-state index in [1.54, 1.807) is 43.4 Å². The van der Waals surface area contributed by atoms with Crippen LogP contribution in [0.2, 0.25) is 0 Å². The number of halogens is 1. The molecule has 0 aliphatic rings. The fourth-order valence-corrected chi connectivity index (χ4v) is 1.99. The second-order valence-corrected chi connectivity index (χ2v) is 5.49. The molecule has 3 amide bonds. The molecular formula is C15H14IN3O2. The van der Waals surface area contributed by atoms with E-state index in [1.807, 2.05) is 12.1 Å². The first-order valence-electron chi connectivity index (χ1n) is 6.24. The Morgan fingerprint density at radius 1 is 0.857 bits per heavy atom. The molecule has 0 atom stereocenters. The predicted molar refractivity (Wildman–Crippen MR) is 91.6 cm³/mol. The summed E-state index contributed by atoms with van der Waals surface area (Å²) in [5, 5.41) is 7.91. The molecule has 0 unspecified atom stereocenters. The molecule has 108 valence electrons. The van der Waals surface area contributed by atoms with Gasteiger partial charge in [0.05, 0.1) is 0 Å². The maximum absolute atomic E-state index is 12.0. The minimum atomic E-state index is -0.286. The van der Waals surface area contributed by atoms with Crippen LogP contribution < -0.4 is 16.0 Å². The Hall–Kier alpha value is -2.09. The molecule has 0 saturated carbocycles. The topological polar surface area (TPSA) is 70.2 Å². The lowest BCUT2D eigenvalue weighted by atomic mass is 10.2. The van der Waals surface area contributed by atoms with Gasteiger partial charge < -0.3 is 16.0 Å². The number of amides is 3. The summed E-state index contributed by atoms with van der Waals surface area (Å²) < 4.78 is 1.08. The van der Waals surface area contributed by atoms with Crippen molar-refractivity contribution in [2.24, 2.45) is 0 Å². The molecule has 0 aromatic heterocycles. The number of carbonyl (C=O) groups is 2. The quantitative estimate of drug-likeness (QED) is 0.699. The first kappa shape index (κ1) is 15.3. The lowest BCUT2D eigenvalue weighted by molar-refractivity contribution is 0.102. The van der Waals surface area contributed by atoms with Crippen molar-refractivity contribution in [3.63, 3.8) is 0 Å². The van der Waals surface area contributed by atoms with E-state index in [9.17, 15) is 9.59 Å². The maximum atomic E-state index is 12.0. The Morgan fingerprint density at radius 3 is 1.90 bits per heavy atom. The van der Waals surface area contributed by atoms with Gasteiger partial charge in [-0.15, -0.1) is 0 Å². The van der Waals surface area contributed by atoms with Crippen LogP contribution in [-0.4, -0.2) is 19.0 Å². The second kappa shape index (κ2) is 7.07. The Balaban J connectivity index is 2.01. The van der Waals surface area contributed by atoms with Crippen LogP contribution in [0.3, 0.4) is 0 Å². The molecule has 6 heteroatoms. The third-order valence-corrected chi connectivity index (χ3v) is 3.45. The van der Waals surface area contributed by atoms with E-state index >= 15 is 0 Å². The van der Waals surface area contributed by atoms with Crippen LogP contribution in [0, 0.1) is 3.57 Å². The van der Waals surface area contributed by atoms with Gasteiger partial charge in [-0.25, -0.2) is 4.79 Å². The molecule has 5 nitrogen and oxygen atoms in total. The minimum absolute atomic E-state index is 0.168. The van der Waals surface area contributed by atoms with Crippen molar-refractivity contribution >= 4 is 45.9 Å². The Kier molecular flexibility index (Phi) is 5.15. The zero-order valence-corrected chi connectivity index (χ0v) is 13.5. The smallest absolute Gasteiger partial charge is 0.318 e. The van der Waals surface area contributed by atoms with Crippen molar-refractivity contribution in [1.29, 1.82) is 0 Å². The van der Waals surface area contributed by atoms with Gasteiger partial charge in [-0.3, -0.25) is 4.79 Å². The first-order chi connectivity index (χ1) is 10.1. The molecule has 2 rings (SSSR count). The Morgan fingerprint density at radius 2 is 1.38 bits per heavy atom. The lowest BCUT2D eigenvalue weighted by Gasteiger charge is -2.08. The van der Waals surface area contributed by atoms with Gasteiger partial charge >= 0.3 is 6.03 Å². The van der Waals surface area contributed by atoms with E-state index in [4.69, 9.17) is 0 Å². The van der Waals surface area contributed by atoms with E-state index in [0.717, 1.165) is 3.57 Å². The molecule has 21 heavy (non-hydrogen) atoms. The van der Waals surface area contributed by atoms with Crippen molar-refractivity contribution < 1.29 is 9.59 Å². The first-order valence-corrected chi connectivity index (χ1v) is 7.32. The number of hydrogen-bond acceptors (Lipinski definition) is 2. The van der Waals surface area contributed by atoms with Gasteiger partial charge in [0.1, 0.15) is 0 Å². The highest BCUT2D eigenvalue weighted by Gasteiger charge is 2.06. The molecule has 0 fully saturated rings. The van der Waals surface area contributed by atoms with Gasteiger partial charge in [0, 0.05) is 27.6 Å². The number of benzene rings is 2. The Bertz CT molecular complexity index is 639. The van der Waals surface area contributed by atoms with Crippen molar-refractivity contribution in [2.45, 2.75) is 0 Å². The highest BCUT2D eigenvalue weighted by atomic mass is 127. The average molecular weight is 395 g/mol. The van der Waals surface area contributed by atoms with Gasteiger partial charge in [-0.05, 0) is 71.1 Å². The zero-order chi connectivity index (χ0) is 15.2. The van der Waals surface area contributed by atoms with Crippen LogP contribution in [0.25, 0.3) is 0 Å². The normalized spacial score (nSPS) is 9.81. The van der Waals surface area contributed by atoms with Crippen LogP contribution in [0.5, 0.6) is 0 Å². The summed E-state index contributed by atoms with van der Waals surface area (Å²) in [6.45, 7) is 0. The maximum Gasteiger partial charge on any atom is 0.318 e. The molecule has 0 aliphatic carbocycles. The second-order valence-electron chi connectivity index (χ2n) is 4.24. The summed E-state index contributed by atoms with van der Waals surface area (Å²) in [6, 6.07) is 13.9. The largest absolute Gasteiger partial charge is 0.341 e. The zero-order valence-electron chi connectivity index (χ0n) is 11.3. The Labute approximate surface area is 136 Å². The fourth-order valence-electron chi connectivity index (χ4n) is 1.64. The average Bonchev–Trinajstić information content (AvgIpc) is 2.49. The van der Waals surface area contributed by atoms with E-state index in [-0.39, 0.29) is 11.9 Å². The molecule has 0 heterocycles. The predicted octanol–water partition coefficient (Wildman–Crippen LogP) is 3.29. The number of urea groups is 1. The van der Waals surface area contributed by atoms with E-state index in [1.165, 1.54) is 0 Å². The molecule has 2 aromatic carbocycles. The van der Waals surface area contributed by atoms with Crippen molar-refractivity contribution in [3.8, 4) is 0 Å². The van der Waals surface area contributed by atoms with Crippen LogP contribution >= 0.6 is 22.6 Å². The molecule has 0 saturated heterocycles. The summed E-state index contributed by atoms with van der Waals surface area (Å²) in [5.41, 5.74) is 1.92. The monoisotopic (exact) mass is 395 g/mol. The van der Waals surface area contributed by atoms with Gasteiger partial charge in [-0.1, -0.05) is 0 Å². The number of carbonyl (C=O) groups excluding carboxylic acids is 2. The molecule has 0 bridgehead atoms. The van der Waals surface area contributed by atoms with Gasteiger partial charge in [0.15, 0.2) is 0 Å². The number of rotatable bonds is 3. The minimum Gasteiger partial charge on any atom is -0.341 e. The SMILES string of the molecule is CNC(=O)Nc1ccc(NC(=O)c2ccc(I)cc2)cc1. The summed E-state index contributed by atoms with van der Waals surface area (Å²) >= 11 is 2.19. The highest BCUT2D eigenvalue weighted by Crippen LogP contribution is 2.15. The van der Waals surface area contributed by atoms with Crippen LogP contribution in [-0.2, 0) is 0 Å². The van der Waals surface area contributed by atoms with Crippen molar-refractivity contribution in [2.75, 3.05) is 17.7 Å². The van der Waals surface area contributed by atoms with E-state index < -0.39 is 0 Å². The van der Waals surface area contributed by atoms with E-state index in [0.29, 0.717) is 16.9 Å². The molecule has 0 radical (unpaired) electrons. The standard InChI is InChI=1S/C15H14IN3O2/c1-17-15(21)19-13-8-6-12(7-9-13)18-14(20)10-2-4-11(16)5-3-10/h2-9H,1H3,(H,18,20)(H2,17,19,21). The van der Waals surface area contributed by atoms with Crippen LogP contribution in [0.4, 0.5) is 16.2 Å². The van der Waals surface area contributed by atoms with Gasteiger partial charge in [0.2, 0.25) is 0 Å². The molecule has 3 N–H and O–H groups in total. The summed E-state index contributed by atoms with van der Waals surface area (Å²) in [5.74, 6) is -0.168. The third kappa shape index (κ3) is 4.45. The summed E-state index contributed by atoms with van der Waals surface area (Å²) in [6.07, 6.45) is 0.